The molecule has 27 heavy (non-hydrogen) atoms. The average Bonchev–Trinajstić information content (AvgIpc) is 3.27. The van der Waals surface area contributed by atoms with Gasteiger partial charge in [-0.3, -0.25) is 10.0 Å². The third-order valence-corrected chi connectivity index (χ3v) is 5.65. The zero-order valence-electron chi connectivity index (χ0n) is 16.1. The Labute approximate surface area is 161 Å². The molecule has 1 aromatic carbocycles. The second-order valence-corrected chi connectivity index (χ2v) is 7.52. The third-order valence-electron chi connectivity index (χ3n) is 5.65. The van der Waals surface area contributed by atoms with Crippen LogP contribution in [0.5, 0.6) is 5.75 Å². The summed E-state index contributed by atoms with van der Waals surface area (Å²) in [5, 5.41) is 9.68. The maximum Gasteiger partial charge on any atom is 0.245 e. The van der Waals surface area contributed by atoms with E-state index in [0.29, 0.717) is 55.3 Å². The molecule has 4 unspecified atom stereocenters. The number of para-hydroxylation sites is 1. The Bertz CT molecular complexity index is 579. The summed E-state index contributed by atoms with van der Waals surface area (Å²) in [5.74, 6) is 1.60. The average molecular weight is 377 g/mol. The summed E-state index contributed by atoms with van der Waals surface area (Å²) in [6.07, 6.45) is 5.84. The first-order chi connectivity index (χ1) is 13.1. The smallest absolute Gasteiger partial charge is 0.245 e. The predicted octanol–water partition coefficient (Wildman–Crippen LogP) is 3.28. The summed E-state index contributed by atoms with van der Waals surface area (Å²) < 4.78 is 17.9. The second kappa shape index (κ2) is 10.1. The van der Waals surface area contributed by atoms with E-state index in [4.69, 9.17) is 19.4 Å². The minimum atomic E-state index is -0.255. The van der Waals surface area contributed by atoms with Crippen LogP contribution in [0.4, 0.5) is 0 Å². The van der Waals surface area contributed by atoms with Crippen LogP contribution in [0.25, 0.3) is 0 Å². The monoisotopic (exact) mass is 377 g/mol. The number of carbonyl (C=O) groups is 1. The Morgan fingerprint density at radius 1 is 1.15 bits per heavy atom. The van der Waals surface area contributed by atoms with E-state index in [1.54, 1.807) is 0 Å². The quantitative estimate of drug-likeness (QED) is 0.364. The highest BCUT2D eigenvalue weighted by molar-refractivity contribution is 5.74. The number of benzene rings is 1. The number of fused-ring (bicyclic) bond motifs is 2. The molecule has 0 spiro atoms. The van der Waals surface area contributed by atoms with Crippen molar-refractivity contribution >= 4 is 5.91 Å². The third kappa shape index (κ3) is 5.67. The number of ether oxygens (including phenoxy) is 3. The largest absolute Gasteiger partial charge is 0.494 e. The highest BCUT2D eigenvalue weighted by Gasteiger charge is 2.48. The van der Waals surface area contributed by atoms with E-state index in [9.17, 15) is 4.79 Å². The van der Waals surface area contributed by atoms with Crippen LogP contribution < -0.4 is 4.74 Å². The van der Waals surface area contributed by atoms with Crippen LogP contribution >= 0.6 is 0 Å². The summed E-state index contributed by atoms with van der Waals surface area (Å²) in [4.78, 5) is 11.3. The van der Waals surface area contributed by atoms with Crippen molar-refractivity contribution in [1.29, 1.82) is 0 Å². The van der Waals surface area contributed by atoms with Crippen molar-refractivity contribution in [2.75, 3.05) is 26.9 Å². The lowest BCUT2D eigenvalue weighted by Gasteiger charge is -2.27. The maximum atomic E-state index is 11.3. The Balaban J connectivity index is 1.35. The molecule has 150 valence electrons. The lowest BCUT2D eigenvalue weighted by atomic mass is 9.78. The molecule has 1 N–H and O–H groups in total. The van der Waals surface area contributed by atoms with Crippen molar-refractivity contribution < 1.29 is 24.2 Å². The van der Waals surface area contributed by atoms with E-state index in [2.05, 4.69) is 0 Å². The maximum absolute atomic E-state index is 11.3. The van der Waals surface area contributed by atoms with Crippen molar-refractivity contribution in [3.8, 4) is 5.75 Å². The van der Waals surface area contributed by atoms with Gasteiger partial charge in [0.2, 0.25) is 5.91 Å². The minimum Gasteiger partial charge on any atom is -0.494 e. The molecule has 2 fully saturated rings. The van der Waals surface area contributed by atoms with E-state index >= 15 is 0 Å². The van der Waals surface area contributed by atoms with Gasteiger partial charge in [0.05, 0.1) is 25.4 Å². The van der Waals surface area contributed by atoms with Crippen LogP contribution in [0.2, 0.25) is 0 Å². The molecule has 6 nitrogen and oxygen atoms in total. The number of rotatable bonds is 11. The molecule has 2 saturated heterocycles. The fourth-order valence-electron chi connectivity index (χ4n) is 4.19. The van der Waals surface area contributed by atoms with Gasteiger partial charge in [-0.05, 0) is 50.2 Å². The molecule has 4 atom stereocenters. The van der Waals surface area contributed by atoms with E-state index < -0.39 is 0 Å². The van der Waals surface area contributed by atoms with Crippen molar-refractivity contribution in [2.45, 2.75) is 50.7 Å². The number of hydrogen-bond acceptors (Lipinski definition) is 5. The number of amides is 1. The van der Waals surface area contributed by atoms with Gasteiger partial charge in [-0.2, -0.15) is 0 Å². The Kier molecular flexibility index (Phi) is 7.50. The highest BCUT2D eigenvalue weighted by atomic mass is 16.5. The zero-order valence-corrected chi connectivity index (χ0v) is 16.1. The van der Waals surface area contributed by atoms with Gasteiger partial charge in [-0.1, -0.05) is 18.2 Å². The normalized spacial score (nSPS) is 26.3. The topological polar surface area (TPSA) is 68.2 Å². The number of hydrogen-bond donors (Lipinski definition) is 1. The molecule has 1 aromatic rings. The van der Waals surface area contributed by atoms with Crippen LogP contribution in [-0.2, 0) is 14.3 Å². The van der Waals surface area contributed by atoms with Gasteiger partial charge in [0, 0.05) is 26.0 Å². The first-order valence-electron chi connectivity index (χ1n) is 10.0. The first kappa shape index (κ1) is 20.1. The van der Waals surface area contributed by atoms with Gasteiger partial charge in [-0.15, -0.1) is 0 Å². The van der Waals surface area contributed by atoms with Crippen LogP contribution in [0.1, 0.15) is 38.5 Å². The van der Waals surface area contributed by atoms with Crippen molar-refractivity contribution in [3.05, 3.63) is 30.3 Å². The first-order valence-corrected chi connectivity index (χ1v) is 10.0. The summed E-state index contributed by atoms with van der Waals surface area (Å²) in [5.41, 5.74) is 0. The van der Waals surface area contributed by atoms with E-state index in [1.807, 2.05) is 30.3 Å². The molecule has 6 heteroatoms. The molecular formula is C21H31NO5. The molecule has 2 heterocycles. The summed E-state index contributed by atoms with van der Waals surface area (Å²) in [7, 11) is 1.36. The standard InChI is InChI=1S/C21H31NO5/c1-22(24)21(23)9-5-6-13-25-15-18-17(19-10-11-20(18)27-19)12-14-26-16-7-3-2-4-8-16/h2-4,7-8,17-20,24H,5-6,9-15H2,1H3. The van der Waals surface area contributed by atoms with Crippen LogP contribution in [0.15, 0.2) is 30.3 Å². The Morgan fingerprint density at radius 3 is 2.63 bits per heavy atom. The fraction of sp³-hybridized carbons (Fsp3) is 0.667. The number of unbranched alkanes of at least 4 members (excludes halogenated alkanes) is 1. The minimum absolute atomic E-state index is 0.255. The number of hydroxylamine groups is 2. The van der Waals surface area contributed by atoms with Crippen molar-refractivity contribution in [2.24, 2.45) is 11.8 Å². The fourth-order valence-corrected chi connectivity index (χ4v) is 4.19. The zero-order chi connectivity index (χ0) is 19.1. The summed E-state index contributed by atoms with van der Waals surface area (Å²) in [6.45, 7) is 2.06. The molecule has 3 rings (SSSR count). The molecule has 0 aromatic heterocycles. The van der Waals surface area contributed by atoms with Crippen LogP contribution in [-0.4, -0.2) is 55.3 Å². The van der Waals surface area contributed by atoms with Gasteiger partial charge in [0.25, 0.3) is 0 Å². The lowest BCUT2D eigenvalue weighted by Crippen LogP contribution is -2.32. The second-order valence-electron chi connectivity index (χ2n) is 7.52. The van der Waals surface area contributed by atoms with Crippen molar-refractivity contribution in [3.63, 3.8) is 0 Å². The number of carbonyl (C=O) groups excluding carboxylic acids is 1. The molecule has 0 aliphatic carbocycles. The molecule has 1 amide bonds. The Hall–Kier alpha value is -1.63. The van der Waals surface area contributed by atoms with E-state index in [-0.39, 0.29) is 5.91 Å². The summed E-state index contributed by atoms with van der Waals surface area (Å²) in [6, 6.07) is 9.92. The molecular weight excluding hydrogens is 346 g/mol. The van der Waals surface area contributed by atoms with Gasteiger partial charge < -0.3 is 14.2 Å². The highest BCUT2D eigenvalue weighted by Crippen LogP contribution is 2.45. The van der Waals surface area contributed by atoms with Gasteiger partial charge >= 0.3 is 0 Å². The van der Waals surface area contributed by atoms with Crippen LogP contribution in [0, 0.1) is 11.8 Å². The molecule has 0 saturated carbocycles. The summed E-state index contributed by atoms with van der Waals surface area (Å²) >= 11 is 0. The molecule has 2 aliphatic rings. The molecule has 0 radical (unpaired) electrons. The lowest BCUT2D eigenvalue weighted by molar-refractivity contribution is -0.159. The number of nitrogens with zero attached hydrogens (tertiary/aromatic N) is 1. The van der Waals surface area contributed by atoms with E-state index in [1.165, 1.54) is 7.05 Å². The Morgan fingerprint density at radius 2 is 1.89 bits per heavy atom. The predicted molar refractivity (Wildman–Crippen MR) is 101 cm³/mol. The van der Waals surface area contributed by atoms with Gasteiger partial charge in [0.15, 0.2) is 0 Å². The van der Waals surface area contributed by atoms with Gasteiger partial charge in [0.1, 0.15) is 5.75 Å². The molecule has 2 bridgehead atoms. The van der Waals surface area contributed by atoms with Crippen molar-refractivity contribution in [1.82, 2.24) is 5.06 Å². The van der Waals surface area contributed by atoms with E-state index in [0.717, 1.165) is 37.9 Å². The van der Waals surface area contributed by atoms with Gasteiger partial charge in [-0.25, -0.2) is 5.06 Å². The SMILES string of the molecule is CN(O)C(=O)CCCCOCC1C2CCC(O2)C1CCOc1ccccc1. The van der Waals surface area contributed by atoms with Crippen LogP contribution in [0.3, 0.4) is 0 Å². The molecule has 2 aliphatic heterocycles.